The molecule has 7 nitrogen and oxygen atoms in total. The minimum Gasteiger partial charge on any atom is -0.493 e. The van der Waals surface area contributed by atoms with Gasteiger partial charge in [0.05, 0.1) is 26.5 Å². The SMILES string of the molecule is COc1ccc(/C=N/NC(=O)CCN2CCN(C(c3ccccc3)c3ccccc3)CC2)cc1OC. The Bertz CT molecular complexity index is 1090. The second kappa shape index (κ2) is 12.9. The third-order valence-corrected chi connectivity index (χ3v) is 6.47. The molecule has 188 valence electrons. The lowest BCUT2D eigenvalue weighted by molar-refractivity contribution is -0.121. The molecule has 1 aliphatic heterocycles. The predicted octanol–water partition coefficient (Wildman–Crippen LogP) is 3.95. The van der Waals surface area contributed by atoms with Gasteiger partial charge in [-0.15, -0.1) is 0 Å². The number of methoxy groups -OCH3 is 2. The zero-order chi connectivity index (χ0) is 25.2. The van der Waals surface area contributed by atoms with Gasteiger partial charge in [-0.2, -0.15) is 5.10 Å². The van der Waals surface area contributed by atoms with Crippen LogP contribution in [0.15, 0.2) is 84.0 Å². The van der Waals surface area contributed by atoms with Gasteiger partial charge in [0.1, 0.15) is 0 Å². The first-order valence-corrected chi connectivity index (χ1v) is 12.3. The van der Waals surface area contributed by atoms with Crippen molar-refractivity contribution in [2.75, 3.05) is 46.9 Å². The topological polar surface area (TPSA) is 66.4 Å². The summed E-state index contributed by atoms with van der Waals surface area (Å²) in [5.74, 6) is 1.17. The summed E-state index contributed by atoms with van der Waals surface area (Å²) in [6.45, 7) is 4.48. The maximum atomic E-state index is 12.3. The third kappa shape index (κ3) is 6.71. The number of nitrogens with zero attached hydrogens (tertiary/aromatic N) is 3. The van der Waals surface area contributed by atoms with Gasteiger partial charge in [-0.25, -0.2) is 5.43 Å². The molecule has 3 aromatic carbocycles. The molecule has 1 N–H and O–H groups in total. The van der Waals surface area contributed by atoms with Crippen molar-refractivity contribution in [2.45, 2.75) is 12.5 Å². The van der Waals surface area contributed by atoms with E-state index in [1.54, 1.807) is 20.4 Å². The number of hydrogen-bond donors (Lipinski definition) is 1. The van der Waals surface area contributed by atoms with Crippen molar-refractivity contribution < 1.29 is 14.3 Å². The van der Waals surface area contributed by atoms with Crippen LogP contribution in [0, 0.1) is 0 Å². The number of benzene rings is 3. The van der Waals surface area contributed by atoms with Gasteiger partial charge in [0.2, 0.25) is 5.91 Å². The number of hydrogen-bond acceptors (Lipinski definition) is 6. The van der Waals surface area contributed by atoms with Crippen molar-refractivity contribution in [3.63, 3.8) is 0 Å². The average Bonchev–Trinajstić information content (AvgIpc) is 2.94. The van der Waals surface area contributed by atoms with Gasteiger partial charge in [-0.05, 0) is 34.9 Å². The molecule has 1 aliphatic rings. The lowest BCUT2D eigenvalue weighted by Gasteiger charge is -2.39. The van der Waals surface area contributed by atoms with Gasteiger partial charge in [-0.1, -0.05) is 60.7 Å². The highest BCUT2D eigenvalue weighted by molar-refractivity contribution is 5.83. The lowest BCUT2D eigenvalue weighted by atomic mass is 9.96. The van der Waals surface area contributed by atoms with Crippen molar-refractivity contribution in [3.05, 3.63) is 95.6 Å². The first-order valence-electron chi connectivity index (χ1n) is 12.3. The zero-order valence-corrected chi connectivity index (χ0v) is 21.0. The molecular formula is C29H34N4O3. The van der Waals surface area contributed by atoms with Gasteiger partial charge in [0.15, 0.2) is 11.5 Å². The van der Waals surface area contributed by atoms with Gasteiger partial charge in [0.25, 0.3) is 0 Å². The number of amides is 1. The summed E-state index contributed by atoms with van der Waals surface area (Å²) >= 11 is 0. The zero-order valence-electron chi connectivity index (χ0n) is 21.0. The molecular weight excluding hydrogens is 452 g/mol. The number of ether oxygens (including phenoxy) is 2. The minimum absolute atomic E-state index is 0.0967. The number of rotatable bonds is 10. The number of carbonyl (C=O) groups is 1. The molecule has 0 aromatic heterocycles. The summed E-state index contributed by atoms with van der Waals surface area (Å²) in [5, 5.41) is 4.09. The Kier molecular flexibility index (Phi) is 9.08. The van der Waals surface area contributed by atoms with E-state index in [0.717, 1.165) is 31.7 Å². The first-order chi connectivity index (χ1) is 17.7. The second-order valence-electron chi connectivity index (χ2n) is 8.76. The number of hydrazone groups is 1. The van der Waals surface area contributed by atoms with Crippen molar-refractivity contribution in [3.8, 4) is 11.5 Å². The molecule has 1 fully saturated rings. The Morgan fingerprint density at radius 2 is 1.50 bits per heavy atom. The van der Waals surface area contributed by atoms with Gasteiger partial charge in [0, 0.05) is 39.1 Å². The largest absolute Gasteiger partial charge is 0.493 e. The van der Waals surface area contributed by atoms with E-state index >= 15 is 0 Å². The van der Waals surface area contributed by atoms with Crippen molar-refractivity contribution in [1.29, 1.82) is 0 Å². The van der Waals surface area contributed by atoms with E-state index in [-0.39, 0.29) is 11.9 Å². The highest BCUT2D eigenvalue weighted by atomic mass is 16.5. The fraction of sp³-hybridized carbons (Fsp3) is 0.310. The molecule has 0 radical (unpaired) electrons. The highest BCUT2D eigenvalue weighted by Crippen LogP contribution is 2.29. The molecule has 0 spiro atoms. The molecule has 1 amide bonds. The Morgan fingerprint density at radius 3 is 2.08 bits per heavy atom. The fourth-order valence-electron chi connectivity index (χ4n) is 4.56. The molecule has 3 aromatic rings. The van der Waals surface area contributed by atoms with Crippen molar-refractivity contribution in [1.82, 2.24) is 15.2 Å². The van der Waals surface area contributed by atoms with E-state index in [2.05, 4.69) is 81.0 Å². The van der Waals surface area contributed by atoms with Crippen LogP contribution >= 0.6 is 0 Å². The van der Waals surface area contributed by atoms with Crippen molar-refractivity contribution >= 4 is 12.1 Å². The molecule has 4 rings (SSSR count). The van der Waals surface area contributed by atoms with E-state index < -0.39 is 0 Å². The maximum absolute atomic E-state index is 12.3. The Balaban J connectivity index is 1.26. The fourth-order valence-corrected chi connectivity index (χ4v) is 4.56. The Hall–Kier alpha value is -3.68. The molecule has 36 heavy (non-hydrogen) atoms. The third-order valence-electron chi connectivity index (χ3n) is 6.47. The van der Waals surface area contributed by atoms with Crippen LogP contribution in [0.2, 0.25) is 0 Å². The average molecular weight is 487 g/mol. The summed E-state index contributed by atoms with van der Waals surface area (Å²) in [6, 6.07) is 27.1. The standard InChI is InChI=1S/C29H34N4O3/c1-35-26-14-13-23(21-27(26)36-2)22-30-31-28(34)15-16-32-17-19-33(20-18-32)29(24-9-5-3-6-10-24)25-11-7-4-8-12-25/h3-14,21-22,29H,15-20H2,1-2H3,(H,31,34)/b30-22+. The summed E-state index contributed by atoms with van der Waals surface area (Å²) in [4.78, 5) is 17.2. The monoisotopic (exact) mass is 486 g/mol. The molecule has 7 heteroatoms. The van der Waals surface area contributed by atoms with Gasteiger partial charge >= 0.3 is 0 Å². The number of carbonyl (C=O) groups excluding carboxylic acids is 1. The van der Waals surface area contributed by atoms with Crippen LogP contribution in [0.25, 0.3) is 0 Å². The maximum Gasteiger partial charge on any atom is 0.241 e. The van der Waals surface area contributed by atoms with Gasteiger partial charge < -0.3 is 14.4 Å². The first kappa shape index (κ1) is 25.4. The van der Waals surface area contributed by atoms with Crippen LogP contribution in [0.3, 0.4) is 0 Å². The molecule has 0 aliphatic carbocycles. The summed E-state index contributed by atoms with van der Waals surface area (Å²) in [6.07, 6.45) is 2.01. The quantitative estimate of drug-likeness (QED) is 0.347. The van der Waals surface area contributed by atoms with E-state index in [0.29, 0.717) is 24.5 Å². The second-order valence-corrected chi connectivity index (χ2v) is 8.76. The van der Waals surface area contributed by atoms with Crippen LogP contribution in [-0.2, 0) is 4.79 Å². The summed E-state index contributed by atoms with van der Waals surface area (Å²) < 4.78 is 10.5. The Morgan fingerprint density at radius 1 is 0.889 bits per heavy atom. The molecule has 0 saturated carbocycles. The van der Waals surface area contributed by atoms with Crippen molar-refractivity contribution in [2.24, 2.45) is 5.10 Å². The van der Waals surface area contributed by atoms with Crippen LogP contribution in [0.4, 0.5) is 0 Å². The molecule has 1 heterocycles. The molecule has 0 unspecified atom stereocenters. The predicted molar refractivity (Wildman–Crippen MR) is 143 cm³/mol. The van der Waals surface area contributed by atoms with E-state index in [1.807, 2.05) is 18.2 Å². The van der Waals surface area contributed by atoms with Crippen LogP contribution in [0.5, 0.6) is 11.5 Å². The van der Waals surface area contributed by atoms with E-state index in [4.69, 9.17) is 9.47 Å². The minimum atomic E-state index is -0.0967. The summed E-state index contributed by atoms with van der Waals surface area (Å²) in [5.41, 5.74) is 6.06. The number of nitrogens with one attached hydrogen (secondary N) is 1. The molecule has 0 atom stereocenters. The Labute approximate surface area is 213 Å². The van der Waals surface area contributed by atoms with E-state index in [9.17, 15) is 4.79 Å². The highest BCUT2D eigenvalue weighted by Gasteiger charge is 2.26. The van der Waals surface area contributed by atoms with Crippen LogP contribution in [0.1, 0.15) is 29.2 Å². The van der Waals surface area contributed by atoms with Crippen LogP contribution in [-0.4, -0.2) is 68.9 Å². The molecule has 0 bridgehead atoms. The van der Waals surface area contributed by atoms with Crippen LogP contribution < -0.4 is 14.9 Å². The van der Waals surface area contributed by atoms with E-state index in [1.165, 1.54) is 11.1 Å². The summed E-state index contributed by atoms with van der Waals surface area (Å²) in [7, 11) is 3.18. The number of piperazine rings is 1. The van der Waals surface area contributed by atoms with Gasteiger partial charge in [-0.3, -0.25) is 9.69 Å². The smallest absolute Gasteiger partial charge is 0.241 e. The molecule has 1 saturated heterocycles. The lowest BCUT2D eigenvalue weighted by Crippen LogP contribution is -2.48. The normalized spacial score (nSPS) is 14.8.